The van der Waals surface area contributed by atoms with Crippen molar-refractivity contribution in [3.63, 3.8) is 0 Å². The first-order chi connectivity index (χ1) is 9.54. The standard InChI is InChI=1S/C13H19N3O3S/c1-8-7-20-11(15-8)4-5-14-13(19)16-10-3-2-9(6-10)12(17)18/h7,9-10H,2-6H2,1H3,(H,17,18)(H2,14,16,19). The molecule has 1 heterocycles. The fourth-order valence-electron chi connectivity index (χ4n) is 2.37. The maximum Gasteiger partial charge on any atom is 0.315 e. The number of carboxylic acids is 1. The van der Waals surface area contributed by atoms with E-state index < -0.39 is 5.97 Å². The number of urea groups is 1. The number of nitrogens with one attached hydrogen (secondary N) is 2. The number of carboxylic acid groups (broad SMARTS) is 1. The monoisotopic (exact) mass is 297 g/mol. The first kappa shape index (κ1) is 14.8. The van der Waals surface area contributed by atoms with Gasteiger partial charge in [-0.05, 0) is 26.2 Å². The minimum absolute atomic E-state index is 0.0294. The summed E-state index contributed by atoms with van der Waals surface area (Å²) >= 11 is 1.59. The number of hydrogen-bond acceptors (Lipinski definition) is 4. The number of hydrogen-bond donors (Lipinski definition) is 3. The van der Waals surface area contributed by atoms with Crippen molar-refractivity contribution >= 4 is 23.3 Å². The van der Waals surface area contributed by atoms with Crippen LogP contribution in [-0.2, 0) is 11.2 Å². The Kier molecular flexibility index (Phi) is 4.94. The predicted molar refractivity (Wildman–Crippen MR) is 75.9 cm³/mol. The molecule has 1 fully saturated rings. The van der Waals surface area contributed by atoms with Crippen molar-refractivity contribution < 1.29 is 14.7 Å². The second kappa shape index (κ2) is 6.69. The molecule has 2 unspecified atom stereocenters. The molecule has 2 amide bonds. The number of carbonyl (C=O) groups is 2. The van der Waals surface area contributed by atoms with E-state index in [0.717, 1.165) is 17.1 Å². The average Bonchev–Trinajstić information content (AvgIpc) is 2.99. The van der Waals surface area contributed by atoms with Gasteiger partial charge in [-0.3, -0.25) is 4.79 Å². The van der Waals surface area contributed by atoms with Crippen LogP contribution in [0.15, 0.2) is 5.38 Å². The minimum Gasteiger partial charge on any atom is -0.481 e. The molecule has 20 heavy (non-hydrogen) atoms. The average molecular weight is 297 g/mol. The second-order valence-electron chi connectivity index (χ2n) is 5.08. The zero-order valence-electron chi connectivity index (χ0n) is 11.4. The molecule has 3 N–H and O–H groups in total. The molecular weight excluding hydrogens is 278 g/mol. The summed E-state index contributed by atoms with van der Waals surface area (Å²) in [5.74, 6) is -1.09. The van der Waals surface area contributed by atoms with Gasteiger partial charge < -0.3 is 15.7 Å². The number of thiazole rings is 1. The van der Waals surface area contributed by atoms with Crippen LogP contribution in [0.4, 0.5) is 4.79 Å². The van der Waals surface area contributed by atoms with E-state index in [2.05, 4.69) is 15.6 Å². The Labute approximate surface area is 121 Å². The minimum atomic E-state index is -0.770. The molecule has 1 aliphatic rings. The van der Waals surface area contributed by atoms with Crippen LogP contribution in [0.3, 0.4) is 0 Å². The summed E-state index contributed by atoms with van der Waals surface area (Å²) in [6, 6.07) is -0.257. The van der Waals surface area contributed by atoms with Gasteiger partial charge in [0.05, 0.1) is 10.9 Å². The third kappa shape index (κ3) is 4.19. The van der Waals surface area contributed by atoms with Gasteiger partial charge in [-0.1, -0.05) is 0 Å². The molecule has 110 valence electrons. The third-order valence-electron chi connectivity index (χ3n) is 3.41. The molecule has 7 heteroatoms. The lowest BCUT2D eigenvalue weighted by Crippen LogP contribution is -2.41. The first-order valence-electron chi connectivity index (χ1n) is 6.73. The summed E-state index contributed by atoms with van der Waals surface area (Å²) in [7, 11) is 0. The summed E-state index contributed by atoms with van der Waals surface area (Å²) in [6.45, 7) is 2.48. The van der Waals surface area contributed by atoms with E-state index in [9.17, 15) is 9.59 Å². The van der Waals surface area contributed by atoms with Crippen molar-refractivity contribution in [3.05, 3.63) is 16.1 Å². The van der Waals surface area contributed by atoms with Crippen LogP contribution in [0.1, 0.15) is 30.0 Å². The quantitative estimate of drug-likeness (QED) is 0.769. The van der Waals surface area contributed by atoms with E-state index >= 15 is 0 Å². The number of amides is 2. The fraction of sp³-hybridized carbons (Fsp3) is 0.615. The van der Waals surface area contributed by atoms with Crippen LogP contribution in [0.5, 0.6) is 0 Å². The van der Waals surface area contributed by atoms with E-state index in [1.807, 2.05) is 12.3 Å². The van der Waals surface area contributed by atoms with Crippen LogP contribution in [-0.4, -0.2) is 34.7 Å². The van der Waals surface area contributed by atoms with Gasteiger partial charge in [-0.2, -0.15) is 0 Å². The van der Waals surface area contributed by atoms with Crippen molar-refractivity contribution in [1.29, 1.82) is 0 Å². The molecule has 2 atom stereocenters. The fourth-order valence-corrected chi connectivity index (χ4v) is 3.15. The van der Waals surface area contributed by atoms with Gasteiger partial charge in [-0.25, -0.2) is 9.78 Å². The number of rotatable bonds is 5. The summed E-state index contributed by atoms with van der Waals surface area (Å²) < 4.78 is 0. The van der Waals surface area contributed by atoms with Gasteiger partial charge in [0.25, 0.3) is 0 Å². The Balaban J connectivity index is 1.65. The number of aryl methyl sites for hydroxylation is 1. The van der Waals surface area contributed by atoms with Crippen LogP contribution < -0.4 is 10.6 Å². The Morgan fingerprint density at radius 3 is 2.90 bits per heavy atom. The van der Waals surface area contributed by atoms with Crippen LogP contribution in [0.25, 0.3) is 0 Å². The Hall–Kier alpha value is -1.63. The largest absolute Gasteiger partial charge is 0.481 e. The van der Waals surface area contributed by atoms with E-state index in [0.29, 0.717) is 25.8 Å². The lowest BCUT2D eigenvalue weighted by molar-refractivity contribution is -0.141. The Morgan fingerprint density at radius 2 is 2.30 bits per heavy atom. The smallest absolute Gasteiger partial charge is 0.315 e. The van der Waals surface area contributed by atoms with E-state index in [-0.39, 0.29) is 18.0 Å². The number of aliphatic carboxylic acids is 1. The van der Waals surface area contributed by atoms with Crippen molar-refractivity contribution in [2.75, 3.05) is 6.54 Å². The maximum absolute atomic E-state index is 11.7. The van der Waals surface area contributed by atoms with E-state index in [4.69, 9.17) is 5.11 Å². The highest BCUT2D eigenvalue weighted by Gasteiger charge is 2.30. The molecular formula is C13H19N3O3S. The number of aromatic nitrogens is 1. The normalized spacial score (nSPS) is 21.6. The van der Waals surface area contributed by atoms with Gasteiger partial charge >= 0.3 is 12.0 Å². The highest BCUT2D eigenvalue weighted by molar-refractivity contribution is 7.09. The van der Waals surface area contributed by atoms with Crippen LogP contribution in [0.2, 0.25) is 0 Å². The van der Waals surface area contributed by atoms with Gasteiger partial charge in [-0.15, -0.1) is 11.3 Å². The SMILES string of the molecule is Cc1csc(CCNC(=O)NC2CCC(C(=O)O)C2)n1. The molecule has 0 saturated heterocycles. The Bertz CT molecular complexity index is 489. The highest BCUT2D eigenvalue weighted by atomic mass is 32.1. The third-order valence-corrected chi connectivity index (χ3v) is 4.43. The summed E-state index contributed by atoms with van der Waals surface area (Å²) in [4.78, 5) is 26.8. The van der Waals surface area contributed by atoms with Crippen molar-refractivity contribution in [3.8, 4) is 0 Å². The topological polar surface area (TPSA) is 91.3 Å². The summed E-state index contributed by atoms with van der Waals surface area (Å²) in [5, 5.41) is 17.5. The van der Waals surface area contributed by atoms with Crippen molar-refractivity contribution in [2.24, 2.45) is 5.92 Å². The van der Waals surface area contributed by atoms with Gasteiger partial charge in [0.15, 0.2) is 0 Å². The Morgan fingerprint density at radius 1 is 1.50 bits per heavy atom. The molecule has 1 aromatic rings. The molecule has 2 rings (SSSR count). The first-order valence-corrected chi connectivity index (χ1v) is 7.60. The predicted octanol–water partition coefficient (Wildman–Crippen LogP) is 1.55. The lowest BCUT2D eigenvalue weighted by Gasteiger charge is -2.13. The second-order valence-corrected chi connectivity index (χ2v) is 6.02. The maximum atomic E-state index is 11.7. The number of carbonyl (C=O) groups excluding carboxylic acids is 1. The molecule has 0 spiro atoms. The molecule has 0 radical (unpaired) electrons. The molecule has 6 nitrogen and oxygen atoms in total. The molecule has 1 aromatic heterocycles. The van der Waals surface area contributed by atoms with Gasteiger partial charge in [0, 0.05) is 30.1 Å². The van der Waals surface area contributed by atoms with Crippen LogP contribution in [0, 0.1) is 12.8 Å². The summed E-state index contributed by atoms with van der Waals surface area (Å²) in [5.41, 5.74) is 1.00. The highest BCUT2D eigenvalue weighted by Crippen LogP contribution is 2.25. The molecule has 0 aliphatic heterocycles. The summed E-state index contributed by atoms with van der Waals surface area (Å²) in [6.07, 6.45) is 2.61. The van der Waals surface area contributed by atoms with E-state index in [1.54, 1.807) is 11.3 Å². The molecule has 0 aromatic carbocycles. The lowest BCUT2D eigenvalue weighted by atomic mass is 10.1. The molecule has 1 aliphatic carbocycles. The van der Waals surface area contributed by atoms with Crippen molar-refractivity contribution in [1.82, 2.24) is 15.6 Å². The van der Waals surface area contributed by atoms with Crippen molar-refractivity contribution in [2.45, 2.75) is 38.6 Å². The zero-order chi connectivity index (χ0) is 14.5. The van der Waals surface area contributed by atoms with Gasteiger partial charge in [0.2, 0.25) is 0 Å². The molecule has 0 bridgehead atoms. The van der Waals surface area contributed by atoms with Crippen LogP contribution >= 0.6 is 11.3 Å². The number of nitrogens with zero attached hydrogens (tertiary/aromatic N) is 1. The molecule has 1 saturated carbocycles. The van der Waals surface area contributed by atoms with Gasteiger partial charge in [0.1, 0.15) is 0 Å². The van der Waals surface area contributed by atoms with E-state index in [1.165, 1.54) is 0 Å². The zero-order valence-corrected chi connectivity index (χ0v) is 12.2.